The third kappa shape index (κ3) is 2.87. The van der Waals surface area contributed by atoms with Crippen LogP contribution in [0.4, 0.5) is 5.00 Å². The first-order valence-electron chi connectivity index (χ1n) is 5.85. The van der Waals surface area contributed by atoms with Gasteiger partial charge in [-0.3, -0.25) is 4.79 Å². The zero-order chi connectivity index (χ0) is 14.9. The molecule has 0 spiro atoms. The molecule has 0 fully saturated rings. The van der Waals surface area contributed by atoms with Crippen LogP contribution in [0, 0.1) is 6.92 Å². The number of nitrogens with one attached hydrogen (secondary N) is 1. The molecule has 0 saturated carbocycles. The average molecular weight is 330 g/mol. The lowest BCUT2D eigenvalue weighted by molar-refractivity contribution is 0.0698. The first-order chi connectivity index (χ1) is 9.43. The number of amides is 1. The van der Waals surface area contributed by atoms with Crippen LogP contribution in [0.15, 0.2) is 11.4 Å². The normalized spacial score (nSPS) is 10.6. The molecule has 0 aliphatic rings. The molecule has 2 aromatic rings. The Bertz CT molecular complexity index is 675. The van der Waals surface area contributed by atoms with Gasteiger partial charge in [-0.1, -0.05) is 18.5 Å². The van der Waals surface area contributed by atoms with Gasteiger partial charge in [0.1, 0.15) is 9.88 Å². The predicted molar refractivity (Wildman–Crippen MR) is 82.7 cm³/mol. The lowest BCUT2D eigenvalue weighted by Gasteiger charge is -2.03. The molecule has 20 heavy (non-hydrogen) atoms. The maximum absolute atomic E-state index is 12.1. The molecule has 2 rings (SSSR count). The van der Waals surface area contributed by atoms with E-state index in [0.717, 1.165) is 16.9 Å². The quantitative estimate of drug-likeness (QED) is 0.879. The molecule has 106 valence electrons. The molecule has 2 N–H and O–H groups in total. The number of aromatic carboxylic acids is 1. The van der Waals surface area contributed by atoms with E-state index in [9.17, 15) is 9.59 Å². The number of thiophene rings is 2. The van der Waals surface area contributed by atoms with Crippen molar-refractivity contribution in [1.82, 2.24) is 0 Å². The van der Waals surface area contributed by atoms with E-state index >= 15 is 0 Å². The highest BCUT2D eigenvalue weighted by atomic mass is 35.5. The van der Waals surface area contributed by atoms with Gasteiger partial charge in [0.2, 0.25) is 0 Å². The maximum atomic E-state index is 12.1. The molecule has 7 heteroatoms. The summed E-state index contributed by atoms with van der Waals surface area (Å²) in [5, 5.41) is 14.3. The average Bonchev–Trinajstić information content (AvgIpc) is 2.95. The van der Waals surface area contributed by atoms with E-state index in [1.165, 1.54) is 22.7 Å². The first-order valence-corrected chi connectivity index (χ1v) is 7.92. The van der Waals surface area contributed by atoms with Crippen molar-refractivity contribution in [3.63, 3.8) is 0 Å². The monoisotopic (exact) mass is 329 g/mol. The fourth-order valence-corrected chi connectivity index (χ4v) is 3.77. The zero-order valence-electron chi connectivity index (χ0n) is 10.8. The highest BCUT2D eigenvalue weighted by molar-refractivity contribution is 7.17. The fourth-order valence-electron chi connectivity index (χ4n) is 1.61. The van der Waals surface area contributed by atoms with Crippen molar-refractivity contribution in [3.05, 3.63) is 37.4 Å². The largest absolute Gasteiger partial charge is 0.478 e. The Balaban J connectivity index is 2.30. The van der Waals surface area contributed by atoms with Gasteiger partial charge in [0.15, 0.2) is 0 Å². The summed E-state index contributed by atoms with van der Waals surface area (Å²) in [7, 11) is 0. The summed E-state index contributed by atoms with van der Waals surface area (Å²) in [6, 6.07) is 1.59. The molecular formula is C13H12ClNO3S2. The van der Waals surface area contributed by atoms with Crippen LogP contribution in [0.3, 0.4) is 0 Å². The Kier molecular flexibility index (Phi) is 4.47. The summed E-state index contributed by atoms with van der Waals surface area (Å²) in [4.78, 5) is 24.6. The number of carbonyl (C=O) groups excluding carboxylic acids is 1. The number of halogens is 1. The van der Waals surface area contributed by atoms with Crippen LogP contribution < -0.4 is 5.32 Å². The Morgan fingerprint density at radius 3 is 2.65 bits per heavy atom. The molecule has 0 aromatic carbocycles. The van der Waals surface area contributed by atoms with E-state index in [1.807, 2.05) is 13.8 Å². The molecule has 1 amide bonds. The second-order valence-corrected chi connectivity index (χ2v) is 6.52. The van der Waals surface area contributed by atoms with Crippen molar-refractivity contribution >= 4 is 51.2 Å². The molecule has 0 saturated heterocycles. The SMILES string of the molecule is CCc1cc(C(=O)O)c(NC(=O)c2scc(C)c2Cl)s1. The standard InChI is InChI=1S/C13H12ClNO3S2/c1-3-7-4-8(13(17)18)12(20-7)15-11(16)10-9(14)6(2)5-19-10/h4-5H,3H2,1-2H3,(H,15,16)(H,17,18). The van der Waals surface area contributed by atoms with Crippen LogP contribution in [0.2, 0.25) is 5.02 Å². The molecule has 2 aromatic heterocycles. The highest BCUT2D eigenvalue weighted by Crippen LogP contribution is 2.32. The minimum atomic E-state index is -1.05. The van der Waals surface area contributed by atoms with Gasteiger partial charge < -0.3 is 10.4 Å². The summed E-state index contributed by atoms with van der Waals surface area (Å²) in [5.41, 5.74) is 0.949. The Morgan fingerprint density at radius 2 is 2.15 bits per heavy atom. The number of carboxylic acid groups (broad SMARTS) is 1. The van der Waals surface area contributed by atoms with Crippen LogP contribution >= 0.6 is 34.3 Å². The number of aryl methyl sites for hydroxylation is 2. The van der Waals surface area contributed by atoms with E-state index in [1.54, 1.807) is 11.4 Å². The van der Waals surface area contributed by atoms with Crippen molar-refractivity contribution in [1.29, 1.82) is 0 Å². The molecule has 2 heterocycles. The van der Waals surface area contributed by atoms with Gasteiger partial charge in [-0.05, 0) is 30.4 Å². The van der Waals surface area contributed by atoms with Gasteiger partial charge >= 0.3 is 5.97 Å². The van der Waals surface area contributed by atoms with Crippen molar-refractivity contribution in [2.24, 2.45) is 0 Å². The molecule has 0 radical (unpaired) electrons. The van der Waals surface area contributed by atoms with Crippen molar-refractivity contribution in [2.75, 3.05) is 5.32 Å². The Morgan fingerprint density at radius 1 is 1.45 bits per heavy atom. The van der Waals surface area contributed by atoms with Crippen LogP contribution in [-0.2, 0) is 6.42 Å². The second-order valence-electron chi connectivity index (χ2n) is 4.13. The minimum Gasteiger partial charge on any atom is -0.478 e. The third-order valence-corrected chi connectivity index (χ3v) is 5.58. The van der Waals surface area contributed by atoms with Crippen LogP contribution in [0.25, 0.3) is 0 Å². The molecule has 0 bridgehead atoms. The molecule has 0 atom stereocenters. The summed E-state index contributed by atoms with van der Waals surface area (Å²) >= 11 is 8.56. The van der Waals surface area contributed by atoms with Crippen molar-refractivity contribution < 1.29 is 14.7 Å². The van der Waals surface area contributed by atoms with Gasteiger partial charge in [-0.25, -0.2) is 4.79 Å². The number of hydrogen-bond acceptors (Lipinski definition) is 4. The molecule has 4 nitrogen and oxygen atoms in total. The van der Waals surface area contributed by atoms with Crippen molar-refractivity contribution in [3.8, 4) is 0 Å². The lowest BCUT2D eigenvalue weighted by atomic mass is 10.2. The predicted octanol–water partition coefficient (Wildman–Crippen LogP) is 4.28. The molecular weight excluding hydrogens is 318 g/mol. The lowest BCUT2D eigenvalue weighted by Crippen LogP contribution is -2.12. The Hall–Kier alpha value is -1.37. The van der Waals surface area contributed by atoms with Gasteiger partial charge in [0, 0.05) is 4.88 Å². The number of hydrogen-bond donors (Lipinski definition) is 2. The zero-order valence-corrected chi connectivity index (χ0v) is 13.2. The number of anilines is 1. The summed E-state index contributed by atoms with van der Waals surface area (Å²) < 4.78 is 0. The number of carboxylic acids is 1. The fraction of sp³-hybridized carbons (Fsp3) is 0.231. The molecule has 0 unspecified atom stereocenters. The highest BCUT2D eigenvalue weighted by Gasteiger charge is 2.20. The molecule has 0 aliphatic heterocycles. The Labute approximate surface area is 129 Å². The van der Waals surface area contributed by atoms with Gasteiger partial charge in [0.25, 0.3) is 5.91 Å². The number of rotatable bonds is 4. The van der Waals surface area contributed by atoms with Gasteiger partial charge in [-0.15, -0.1) is 22.7 Å². The van der Waals surface area contributed by atoms with Crippen LogP contribution in [0.5, 0.6) is 0 Å². The third-order valence-electron chi connectivity index (χ3n) is 2.69. The van der Waals surface area contributed by atoms with E-state index in [4.69, 9.17) is 16.7 Å². The molecule has 0 aliphatic carbocycles. The van der Waals surface area contributed by atoms with Gasteiger partial charge in [0.05, 0.1) is 10.6 Å². The smallest absolute Gasteiger partial charge is 0.338 e. The van der Waals surface area contributed by atoms with E-state index in [-0.39, 0.29) is 11.5 Å². The van der Waals surface area contributed by atoms with E-state index in [2.05, 4.69) is 5.32 Å². The van der Waals surface area contributed by atoms with Gasteiger partial charge in [-0.2, -0.15) is 0 Å². The maximum Gasteiger partial charge on any atom is 0.338 e. The van der Waals surface area contributed by atoms with Crippen LogP contribution in [0.1, 0.15) is 37.4 Å². The number of carbonyl (C=O) groups is 2. The summed E-state index contributed by atoms with van der Waals surface area (Å²) in [5.74, 6) is -1.43. The van der Waals surface area contributed by atoms with E-state index in [0.29, 0.717) is 14.9 Å². The summed E-state index contributed by atoms with van der Waals surface area (Å²) in [6.45, 7) is 3.75. The van der Waals surface area contributed by atoms with Crippen molar-refractivity contribution in [2.45, 2.75) is 20.3 Å². The van der Waals surface area contributed by atoms with Crippen LogP contribution in [-0.4, -0.2) is 17.0 Å². The first kappa shape index (κ1) is 15.0. The summed E-state index contributed by atoms with van der Waals surface area (Å²) in [6.07, 6.45) is 0.722. The second kappa shape index (κ2) is 5.95. The van der Waals surface area contributed by atoms with E-state index < -0.39 is 5.97 Å². The minimum absolute atomic E-state index is 0.115. The topological polar surface area (TPSA) is 66.4 Å².